The molecule has 82 valence electrons. The van der Waals surface area contributed by atoms with Gasteiger partial charge in [0.2, 0.25) is 0 Å². The van der Waals surface area contributed by atoms with Crippen molar-refractivity contribution in [2.45, 2.75) is 32.4 Å². The number of hydrogen-bond donors (Lipinski definition) is 1. The summed E-state index contributed by atoms with van der Waals surface area (Å²) in [5.41, 5.74) is 1.51. The summed E-state index contributed by atoms with van der Waals surface area (Å²) in [7, 11) is 0. The van der Waals surface area contributed by atoms with Crippen molar-refractivity contribution in [1.29, 1.82) is 0 Å². The van der Waals surface area contributed by atoms with Crippen LogP contribution in [-0.2, 0) is 4.74 Å². The van der Waals surface area contributed by atoms with Crippen molar-refractivity contribution >= 4 is 5.69 Å². The first kappa shape index (κ1) is 10.4. The number of nitrogens with one attached hydrogen (secondary N) is 1. The van der Waals surface area contributed by atoms with Gasteiger partial charge in [0, 0.05) is 6.61 Å². The second-order valence-corrected chi connectivity index (χ2v) is 4.10. The Labute approximate surface area is 89.4 Å². The van der Waals surface area contributed by atoms with Gasteiger partial charge >= 0.3 is 0 Å². The number of hydrogen-bond acceptors (Lipinski definition) is 2. The van der Waals surface area contributed by atoms with E-state index in [2.05, 4.69) is 5.32 Å². The van der Waals surface area contributed by atoms with Crippen molar-refractivity contribution in [3.05, 3.63) is 29.6 Å². The molecule has 0 aromatic heterocycles. The van der Waals surface area contributed by atoms with Crippen LogP contribution in [0.5, 0.6) is 0 Å². The molecule has 1 aliphatic rings. The fourth-order valence-corrected chi connectivity index (χ4v) is 1.86. The Balaban J connectivity index is 2.10. The highest BCUT2D eigenvalue weighted by Crippen LogP contribution is 2.21. The topological polar surface area (TPSA) is 21.3 Å². The normalized spacial score (nSPS) is 25.5. The molecule has 0 bridgehead atoms. The summed E-state index contributed by atoms with van der Waals surface area (Å²) in [5, 5.41) is 3.19. The van der Waals surface area contributed by atoms with Gasteiger partial charge in [-0.3, -0.25) is 0 Å². The second kappa shape index (κ2) is 4.19. The first-order valence-corrected chi connectivity index (χ1v) is 5.31. The summed E-state index contributed by atoms with van der Waals surface area (Å²) in [4.78, 5) is 0. The molecule has 2 rings (SSSR count). The van der Waals surface area contributed by atoms with Gasteiger partial charge in [-0.25, -0.2) is 4.39 Å². The van der Waals surface area contributed by atoms with Gasteiger partial charge in [0.1, 0.15) is 5.82 Å². The fraction of sp³-hybridized carbons (Fsp3) is 0.500. The Bertz CT molecular complexity index is 353. The average molecular weight is 209 g/mol. The van der Waals surface area contributed by atoms with Crippen LogP contribution in [0, 0.1) is 12.7 Å². The molecule has 15 heavy (non-hydrogen) atoms. The molecule has 1 saturated heterocycles. The summed E-state index contributed by atoms with van der Waals surface area (Å²) in [6.07, 6.45) is 1.10. The molecule has 1 N–H and O–H groups in total. The molecule has 1 fully saturated rings. The predicted molar refractivity (Wildman–Crippen MR) is 58.6 cm³/mol. The molecule has 1 aromatic carbocycles. The zero-order chi connectivity index (χ0) is 10.8. The van der Waals surface area contributed by atoms with Crippen LogP contribution in [-0.4, -0.2) is 18.8 Å². The maximum atomic E-state index is 13.5. The Hall–Kier alpha value is -1.09. The van der Waals surface area contributed by atoms with Crippen molar-refractivity contribution in [1.82, 2.24) is 0 Å². The van der Waals surface area contributed by atoms with Crippen LogP contribution >= 0.6 is 0 Å². The first-order valence-electron chi connectivity index (χ1n) is 5.31. The van der Waals surface area contributed by atoms with Gasteiger partial charge < -0.3 is 10.1 Å². The summed E-state index contributed by atoms with van der Waals surface area (Å²) >= 11 is 0. The maximum absolute atomic E-state index is 13.5. The molecule has 0 amide bonds. The van der Waals surface area contributed by atoms with Gasteiger partial charge in [-0.1, -0.05) is 6.07 Å². The van der Waals surface area contributed by atoms with Crippen LogP contribution in [0.25, 0.3) is 0 Å². The molecule has 1 heterocycles. The van der Waals surface area contributed by atoms with Gasteiger partial charge in [0.05, 0.1) is 17.8 Å². The third-order valence-corrected chi connectivity index (χ3v) is 2.84. The SMILES string of the molecule is Cc1ccc(N[C@H]2CCO[C@@H]2C)c(F)c1. The van der Waals surface area contributed by atoms with E-state index in [0.717, 1.165) is 18.6 Å². The highest BCUT2D eigenvalue weighted by Gasteiger charge is 2.24. The first-order chi connectivity index (χ1) is 7.16. The molecule has 2 atom stereocenters. The van der Waals surface area contributed by atoms with E-state index >= 15 is 0 Å². The van der Waals surface area contributed by atoms with Crippen molar-refractivity contribution in [2.75, 3.05) is 11.9 Å². The molecule has 0 aliphatic carbocycles. The number of ether oxygens (including phenoxy) is 1. The highest BCUT2D eigenvalue weighted by atomic mass is 19.1. The summed E-state index contributed by atoms with van der Waals surface area (Å²) in [6, 6.07) is 5.46. The number of rotatable bonds is 2. The minimum atomic E-state index is -0.186. The maximum Gasteiger partial charge on any atom is 0.146 e. The van der Waals surface area contributed by atoms with Crippen molar-refractivity contribution in [3.63, 3.8) is 0 Å². The molecule has 0 spiro atoms. The molecule has 1 aliphatic heterocycles. The predicted octanol–water partition coefficient (Wildman–Crippen LogP) is 2.72. The standard InChI is InChI=1S/C12H16FNO/c1-8-3-4-12(10(13)7-8)14-11-5-6-15-9(11)2/h3-4,7,9,11,14H,5-6H2,1-2H3/t9-,11+/m1/s1. The molecular formula is C12H16FNO. The fourth-order valence-electron chi connectivity index (χ4n) is 1.86. The molecule has 1 aromatic rings. The Morgan fingerprint density at radius 3 is 2.87 bits per heavy atom. The van der Waals surface area contributed by atoms with E-state index in [-0.39, 0.29) is 18.0 Å². The van der Waals surface area contributed by atoms with Gasteiger partial charge in [-0.2, -0.15) is 0 Å². The van der Waals surface area contributed by atoms with Crippen molar-refractivity contribution in [2.24, 2.45) is 0 Å². The van der Waals surface area contributed by atoms with E-state index < -0.39 is 0 Å². The van der Waals surface area contributed by atoms with Crippen molar-refractivity contribution in [3.8, 4) is 0 Å². The Kier molecular flexibility index (Phi) is 2.91. The summed E-state index contributed by atoms with van der Waals surface area (Å²) < 4.78 is 18.9. The Morgan fingerprint density at radius 2 is 2.27 bits per heavy atom. The second-order valence-electron chi connectivity index (χ2n) is 4.10. The van der Waals surface area contributed by atoms with Crippen LogP contribution in [0.3, 0.4) is 0 Å². The average Bonchev–Trinajstić information content (AvgIpc) is 2.57. The molecule has 2 nitrogen and oxygen atoms in total. The van der Waals surface area contributed by atoms with E-state index in [1.807, 2.05) is 19.9 Å². The molecule has 0 unspecified atom stereocenters. The third-order valence-electron chi connectivity index (χ3n) is 2.84. The number of benzene rings is 1. The van der Waals surface area contributed by atoms with Crippen molar-refractivity contribution < 1.29 is 9.13 Å². The largest absolute Gasteiger partial charge is 0.377 e. The lowest BCUT2D eigenvalue weighted by molar-refractivity contribution is 0.121. The quantitative estimate of drug-likeness (QED) is 0.808. The van der Waals surface area contributed by atoms with Crippen LogP contribution in [0.1, 0.15) is 18.9 Å². The zero-order valence-electron chi connectivity index (χ0n) is 9.09. The molecule has 0 radical (unpaired) electrons. The van der Waals surface area contributed by atoms with Gasteiger partial charge in [0.25, 0.3) is 0 Å². The smallest absolute Gasteiger partial charge is 0.146 e. The van der Waals surface area contributed by atoms with Crippen LogP contribution in [0.2, 0.25) is 0 Å². The lowest BCUT2D eigenvalue weighted by Crippen LogP contribution is -2.27. The highest BCUT2D eigenvalue weighted by molar-refractivity contribution is 5.47. The minimum absolute atomic E-state index is 0.158. The van der Waals surface area contributed by atoms with Crippen LogP contribution in [0.15, 0.2) is 18.2 Å². The Morgan fingerprint density at radius 1 is 1.47 bits per heavy atom. The van der Waals surface area contributed by atoms with E-state index in [1.54, 1.807) is 12.1 Å². The van der Waals surface area contributed by atoms with E-state index in [1.165, 1.54) is 0 Å². The number of anilines is 1. The van der Waals surface area contributed by atoms with E-state index in [0.29, 0.717) is 5.69 Å². The third kappa shape index (κ3) is 2.29. The van der Waals surface area contributed by atoms with Gasteiger partial charge in [-0.15, -0.1) is 0 Å². The lowest BCUT2D eigenvalue weighted by Gasteiger charge is -2.17. The van der Waals surface area contributed by atoms with Gasteiger partial charge in [-0.05, 0) is 38.0 Å². The van der Waals surface area contributed by atoms with E-state index in [9.17, 15) is 4.39 Å². The number of halogens is 1. The van der Waals surface area contributed by atoms with Crippen LogP contribution in [0.4, 0.5) is 10.1 Å². The molecule has 3 heteroatoms. The lowest BCUT2D eigenvalue weighted by atomic mass is 10.1. The minimum Gasteiger partial charge on any atom is -0.377 e. The summed E-state index contributed by atoms with van der Waals surface area (Å²) in [5.74, 6) is -0.186. The van der Waals surface area contributed by atoms with Crippen LogP contribution < -0.4 is 5.32 Å². The zero-order valence-corrected chi connectivity index (χ0v) is 9.09. The van der Waals surface area contributed by atoms with Gasteiger partial charge in [0.15, 0.2) is 0 Å². The molecule has 0 saturated carbocycles. The molecular weight excluding hydrogens is 193 g/mol. The van der Waals surface area contributed by atoms with E-state index in [4.69, 9.17) is 4.74 Å². The number of aryl methyl sites for hydroxylation is 1. The monoisotopic (exact) mass is 209 g/mol. The summed E-state index contributed by atoms with van der Waals surface area (Å²) in [6.45, 7) is 4.65.